The van der Waals surface area contributed by atoms with Crippen LogP contribution in [-0.4, -0.2) is 36.9 Å². The van der Waals surface area contributed by atoms with Crippen molar-refractivity contribution in [1.29, 1.82) is 0 Å². The lowest BCUT2D eigenvalue weighted by molar-refractivity contribution is 0.394. The number of nitrogens with one attached hydrogen (secondary N) is 1. The Kier molecular flexibility index (Phi) is 6.75. The van der Waals surface area contributed by atoms with Crippen molar-refractivity contribution in [2.75, 3.05) is 33.2 Å². The average molecular weight is 494 g/mol. The Morgan fingerprint density at radius 3 is 1.80 bits per heavy atom. The van der Waals surface area contributed by atoms with E-state index in [0.717, 1.165) is 16.3 Å². The third-order valence-electron chi connectivity index (χ3n) is 5.74. The normalized spacial score (nSPS) is 11.2. The third-order valence-corrected chi connectivity index (χ3v) is 7.14. The second-order valence-corrected chi connectivity index (χ2v) is 9.56. The van der Waals surface area contributed by atoms with Gasteiger partial charge >= 0.3 is 0 Å². The highest BCUT2D eigenvalue weighted by Gasteiger charge is 2.23. The summed E-state index contributed by atoms with van der Waals surface area (Å²) in [4.78, 5) is 0.158. The van der Waals surface area contributed by atoms with Crippen LogP contribution in [0.25, 0.3) is 21.9 Å². The number of rotatable bonds is 8. The third kappa shape index (κ3) is 4.57. The van der Waals surface area contributed by atoms with Crippen molar-refractivity contribution >= 4 is 26.5 Å². The lowest BCUT2D eigenvalue weighted by Crippen LogP contribution is -2.13. The summed E-state index contributed by atoms with van der Waals surface area (Å²) < 4.78 is 51.4. The number of aryl methyl sites for hydroxylation is 1. The molecule has 4 aromatic carbocycles. The minimum atomic E-state index is -3.82. The summed E-state index contributed by atoms with van der Waals surface area (Å²) in [6.45, 7) is 1.90. The fourth-order valence-electron chi connectivity index (χ4n) is 4.06. The van der Waals surface area contributed by atoms with Gasteiger partial charge in [0, 0.05) is 28.5 Å². The highest BCUT2D eigenvalue weighted by molar-refractivity contribution is 7.92. The van der Waals surface area contributed by atoms with Gasteiger partial charge in [-0.3, -0.25) is 4.72 Å². The number of hydrogen-bond acceptors (Lipinski definition) is 6. The van der Waals surface area contributed by atoms with E-state index in [9.17, 15) is 8.42 Å². The van der Waals surface area contributed by atoms with E-state index in [0.29, 0.717) is 39.8 Å². The maximum atomic E-state index is 13.0. The molecule has 0 unspecified atom stereocenters. The summed E-state index contributed by atoms with van der Waals surface area (Å²) in [5, 5.41) is 1.76. The minimum Gasteiger partial charge on any atom is -0.496 e. The Balaban J connectivity index is 1.89. The maximum Gasteiger partial charge on any atom is 0.261 e. The van der Waals surface area contributed by atoms with E-state index in [1.165, 1.54) is 14.2 Å². The van der Waals surface area contributed by atoms with Crippen molar-refractivity contribution in [2.45, 2.75) is 11.8 Å². The lowest BCUT2D eigenvalue weighted by atomic mass is 9.96. The van der Waals surface area contributed by atoms with Crippen molar-refractivity contribution in [3.05, 3.63) is 72.3 Å². The Labute approximate surface area is 205 Å². The van der Waals surface area contributed by atoms with Crippen LogP contribution in [-0.2, 0) is 10.0 Å². The molecule has 0 saturated heterocycles. The highest BCUT2D eigenvalue weighted by atomic mass is 32.2. The van der Waals surface area contributed by atoms with Crippen LogP contribution in [0, 0.1) is 6.92 Å². The molecular formula is C27H27NO6S. The molecule has 7 nitrogen and oxygen atoms in total. The zero-order valence-electron chi connectivity index (χ0n) is 20.2. The van der Waals surface area contributed by atoms with E-state index in [2.05, 4.69) is 4.72 Å². The van der Waals surface area contributed by atoms with Crippen LogP contribution in [0.4, 0.5) is 5.69 Å². The van der Waals surface area contributed by atoms with Gasteiger partial charge in [-0.15, -0.1) is 0 Å². The standard InChI is InChI=1S/C27H27NO6S/c1-17-10-12-19(13-11-17)35(29,30)28-18-14-24(32-3)26(25(15-18)33-4)22-16-23(31-2)20-8-6-7-9-21(20)27(22)34-5/h6-16,28H,1-5H3. The first kappa shape index (κ1) is 24.2. The summed E-state index contributed by atoms with van der Waals surface area (Å²) in [6.07, 6.45) is 0. The first-order valence-electron chi connectivity index (χ1n) is 10.8. The van der Waals surface area contributed by atoms with Gasteiger partial charge in [-0.05, 0) is 25.1 Å². The number of benzene rings is 4. The van der Waals surface area contributed by atoms with Crippen molar-refractivity contribution in [3.8, 4) is 34.1 Å². The van der Waals surface area contributed by atoms with Gasteiger partial charge in [-0.1, -0.05) is 42.0 Å². The Bertz CT molecular complexity index is 1460. The zero-order valence-corrected chi connectivity index (χ0v) is 21.0. The number of hydrogen-bond donors (Lipinski definition) is 1. The lowest BCUT2D eigenvalue weighted by Gasteiger charge is -2.20. The number of methoxy groups -OCH3 is 4. The fourth-order valence-corrected chi connectivity index (χ4v) is 5.10. The molecule has 0 bridgehead atoms. The molecule has 4 aromatic rings. The van der Waals surface area contributed by atoms with Gasteiger partial charge in [0.05, 0.1) is 44.6 Å². The predicted molar refractivity (Wildman–Crippen MR) is 138 cm³/mol. The first-order valence-corrected chi connectivity index (χ1v) is 12.3. The van der Waals surface area contributed by atoms with E-state index >= 15 is 0 Å². The maximum absolute atomic E-state index is 13.0. The van der Waals surface area contributed by atoms with Gasteiger partial charge < -0.3 is 18.9 Å². The molecule has 0 aliphatic carbocycles. The largest absolute Gasteiger partial charge is 0.496 e. The number of sulfonamides is 1. The molecule has 0 aliphatic rings. The monoisotopic (exact) mass is 493 g/mol. The van der Waals surface area contributed by atoms with Crippen molar-refractivity contribution in [3.63, 3.8) is 0 Å². The molecule has 0 spiro atoms. The quantitative estimate of drug-likeness (QED) is 0.342. The fraction of sp³-hybridized carbons (Fsp3) is 0.185. The van der Waals surface area contributed by atoms with Gasteiger partial charge in [0.2, 0.25) is 0 Å². The molecular weight excluding hydrogens is 466 g/mol. The van der Waals surface area contributed by atoms with Gasteiger partial charge in [0.15, 0.2) is 0 Å². The molecule has 1 N–H and O–H groups in total. The summed E-state index contributed by atoms with van der Waals surface area (Å²) in [5.41, 5.74) is 2.56. The van der Waals surface area contributed by atoms with Crippen molar-refractivity contribution < 1.29 is 27.4 Å². The molecule has 0 fully saturated rings. The van der Waals surface area contributed by atoms with E-state index in [4.69, 9.17) is 18.9 Å². The van der Waals surface area contributed by atoms with E-state index in [1.807, 2.05) is 37.3 Å². The zero-order chi connectivity index (χ0) is 25.2. The molecule has 0 amide bonds. The molecule has 182 valence electrons. The number of ether oxygens (including phenoxy) is 4. The molecule has 0 heterocycles. The molecule has 0 atom stereocenters. The topological polar surface area (TPSA) is 83.1 Å². The smallest absolute Gasteiger partial charge is 0.261 e. The molecule has 0 aliphatic heterocycles. The average Bonchev–Trinajstić information content (AvgIpc) is 2.87. The van der Waals surface area contributed by atoms with Crippen LogP contribution in [0.3, 0.4) is 0 Å². The summed E-state index contributed by atoms with van der Waals surface area (Å²) in [6, 6.07) is 19.5. The Morgan fingerprint density at radius 1 is 0.686 bits per heavy atom. The van der Waals surface area contributed by atoms with Gasteiger partial charge in [-0.25, -0.2) is 8.42 Å². The second kappa shape index (κ2) is 9.76. The molecule has 0 saturated carbocycles. The van der Waals surface area contributed by atoms with E-state index in [-0.39, 0.29) is 4.90 Å². The van der Waals surface area contributed by atoms with Crippen LogP contribution in [0.15, 0.2) is 71.6 Å². The summed E-state index contributed by atoms with van der Waals surface area (Å²) in [5.74, 6) is 2.08. The molecule has 4 rings (SSSR count). The van der Waals surface area contributed by atoms with Crippen LogP contribution >= 0.6 is 0 Å². The Hall–Kier alpha value is -3.91. The Morgan fingerprint density at radius 2 is 1.26 bits per heavy atom. The summed E-state index contributed by atoms with van der Waals surface area (Å²) >= 11 is 0. The SMILES string of the molecule is COc1cc(NS(=O)(=O)c2ccc(C)cc2)cc(OC)c1-c1cc(OC)c2ccccc2c1OC. The second-order valence-electron chi connectivity index (χ2n) is 7.88. The molecule has 35 heavy (non-hydrogen) atoms. The number of anilines is 1. The molecule has 0 aromatic heterocycles. The van der Waals surface area contributed by atoms with Crippen LogP contribution in [0.5, 0.6) is 23.0 Å². The van der Waals surface area contributed by atoms with E-state index in [1.54, 1.807) is 50.6 Å². The first-order chi connectivity index (χ1) is 16.8. The van der Waals surface area contributed by atoms with Gasteiger partial charge in [-0.2, -0.15) is 0 Å². The molecule has 0 radical (unpaired) electrons. The van der Waals surface area contributed by atoms with Crippen LogP contribution in [0.1, 0.15) is 5.56 Å². The van der Waals surface area contributed by atoms with E-state index < -0.39 is 10.0 Å². The van der Waals surface area contributed by atoms with Crippen LogP contribution < -0.4 is 23.7 Å². The molecule has 8 heteroatoms. The van der Waals surface area contributed by atoms with Crippen LogP contribution in [0.2, 0.25) is 0 Å². The number of fused-ring (bicyclic) bond motifs is 1. The predicted octanol–water partition coefficient (Wildman–Crippen LogP) is 5.65. The highest BCUT2D eigenvalue weighted by Crippen LogP contribution is 2.49. The minimum absolute atomic E-state index is 0.158. The van der Waals surface area contributed by atoms with Gasteiger partial charge in [0.1, 0.15) is 23.0 Å². The van der Waals surface area contributed by atoms with Crippen molar-refractivity contribution in [2.24, 2.45) is 0 Å². The summed E-state index contributed by atoms with van der Waals surface area (Å²) in [7, 11) is 2.42. The van der Waals surface area contributed by atoms with Crippen molar-refractivity contribution in [1.82, 2.24) is 0 Å². The van der Waals surface area contributed by atoms with Gasteiger partial charge in [0.25, 0.3) is 10.0 Å².